The van der Waals surface area contributed by atoms with Crippen molar-refractivity contribution in [2.75, 3.05) is 13.2 Å². The summed E-state index contributed by atoms with van der Waals surface area (Å²) in [4.78, 5) is 28.9. The highest BCUT2D eigenvalue weighted by Crippen LogP contribution is 2.48. The third kappa shape index (κ3) is 8.36. The molecule has 3 rings (SSSR count). The Balaban J connectivity index is 1.96. The number of benzene rings is 1. The minimum Gasteiger partial charge on any atom is -0.494 e. The second-order valence-corrected chi connectivity index (χ2v) is 9.37. The number of alkyl halides is 9. The van der Waals surface area contributed by atoms with E-state index in [2.05, 4.69) is 4.98 Å². The van der Waals surface area contributed by atoms with Crippen LogP contribution in [0.1, 0.15) is 42.5 Å². The van der Waals surface area contributed by atoms with Crippen molar-refractivity contribution < 1.29 is 53.8 Å². The van der Waals surface area contributed by atoms with Crippen LogP contribution in [0.25, 0.3) is 5.57 Å². The molecule has 0 unspecified atom stereocenters. The Morgan fingerprint density at radius 2 is 1.66 bits per heavy atom. The first kappa shape index (κ1) is 31.7. The Hall–Kier alpha value is -3.78. The Morgan fingerprint density at radius 3 is 2.20 bits per heavy atom. The lowest BCUT2D eigenvalue weighted by atomic mass is 9.77. The van der Waals surface area contributed by atoms with Crippen LogP contribution in [-0.2, 0) is 15.1 Å². The molecule has 0 spiro atoms. The van der Waals surface area contributed by atoms with Crippen molar-refractivity contribution in [3.8, 4) is 5.75 Å². The highest BCUT2D eigenvalue weighted by molar-refractivity contribution is 6.04. The molecule has 0 bridgehead atoms. The fourth-order valence-electron chi connectivity index (χ4n) is 4.14. The number of rotatable bonds is 9. The number of carbonyl (C=O) groups excluding carboxylic acids is 2. The van der Waals surface area contributed by atoms with E-state index in [-0.39, 0.29) is 30.0 Å². The van der Waals surface area contributed by atoms with Crippen molar-refractivity contribution in [3.05, 3.63) is 65.0 Å². The average Bonchev–Trinajstić information content (AvgIpc) is 2.84. The van der Waals surface area contributed by atoms with Gasteiger partial charge < -0.3 is 15.4 Å². The van der Waals surface area contributed by atoms with Gasteiger partial charge in [-0.15, -0.1) is 0 Å². The van der Waals surface area contributed by atoms with Gasteiger partial charge in [0.05, 0.1) is 12.3 Å². The molecule has 1 aliphatic heterocycles. The molecule has 2 N–H and O–H groups in total. The number of ether oxygens (including phenoxy) is 1. The highest BCUT2D eigenvalue weighted by Gasteiger charge is 2.59. The smallest absolute Gasteiger partial charge is 0.416 e. The van der Waals surface area contributed by atoms with Crippen molar-refractivity contribution >= 4 is 17.4 Å². The van der Waals surface area contributed by atoms with E-state index in [1.165, 1.54) is 18.3 Å². The SMILES string of the molecule is Cc1ccc(C2=C(CNC(=O)CC(F)(F)F)C(=O)N[C@@](c3ccc(OCCCC(F)(F)F)cc3)(C(F)(F)F)C2)nc1. The highest BCUT2D eigenvalue weighted by atomic mass is 19.4. The van der Waals surface area contributed by atoms with Gasteiger partial charge in [-0.25, -0.2) is 0 Å². The molecular weight excluding hydrogens is 573 g/mol. The van der Waals surface area contributed by atoms with Gasteiger partial charge in [-0.1, -0.05) is 18.2 Å². The van der Waals surface area contributed by atoms with Gasteiger partial charge >= 0.3 is 18.5 Å². The average molecular weight is 597 g/mol. The summed E-state index contributed by atoms with van der Waals surface area (Å²) in [6.45, 7) is 0.531. The summed E-state index contributed by atoms with van der Waals surface area (Å²) >= 11 is 0. The van der Waals surface area contributed by atoms with E-state index in [4.69, 9.17) is 4.74 Å². The third-order valence-corrected chi connectivity index (χ3v) is 6.16. The van der Waals surface area contributed by atoms with Crippen LogP contribution in [0.3, 0.4) is 0 Å². The quantitative estimate of drug-likeness (QED) is 0.278. The number of halogens is 9. The number of carbonyl (C=O) groups is 2. The molecule has 0 fully saturated rings. The number of amides is 2. The van der Waals surface area contributed by atoms with Gasteiger partial charge in [-0.05, 0) is 48.2 Å². The molecule has 2 aromatic rings. The van der Waals surface area contributed by atoms with Crippen LogP contribution in [0.5, 0.6) is 5.75 Å². The summed E-state index contributed by atoms with van der Waals surface area (Å²) < 4.78 is 124. The molecule has 0 radical (unpaired) electrons. The number of hydrogen-bond donors (Lipinski definition) is 2. The molecule has 0 saturated carbocycles. The maximum absolute atomic E-state index is 14.7. The van der Waals surface area contributed by atoms with Crippen LogP contribution < -0.4 is 15.4 Å². The van der Waals surface area contributed by atoms with Crippen molar-refractivity contribution in [1.82, 2.24) is 15.6 Å². The van der Waals surface area contributed by atoms with Crippen LogP contribution in [0, 0.1) is 6.92 Å². The topological polar surface area (TPSA) is 80.3 Å². The molecule has 6 nitrogen and oxygen atoms in total. The largest absolute Gasteiger partial charge is 0.494 e. The first-order valence-electron chi connectivity index (χ1n) is 12.1. The fourth-order valence-corrected chi connectivity index (χ4v) is 4.14. The van der Waals surface area contributed by atoms with E-state index in [0.29, 0.717) is 5.56 Å². The van der Waals surface area contributed by atoms with Gasteiger partial charge in [0.1, 0.15) is 12.2 Å². The normalized spacial score (nSPS) is 18.2. The van der Waals surface area contributed by atoms with E-state index >= 15 is 0 Å². The molecular formula is C26H24F9N3O3. The Bertz CT molecular complexity index is 1270. The van der Waals surface area contributed by atoms with E-state index < -0.39 is 72.8 Å². The van der Waals surface area contributed by atoms with Crippen molar-refractivity contribution in [3.63, 3.8) is 0 Å². The number of aromatic nitrogens is 1. The Kier molecular flexibility index (Phi) is 9.28. The van der Waals surface area contributed by atoms with Crippen molar-refractivity contribution in [2.45, 2.75) is 56.7 Å². The lowest BCUT2D eigenvalue weighted by Crippen LogP contribution is -2.59. The van der Waals surface area contributed by atoms with Crippen molar-refractivity contribution in [1.29, 1.82) is 0 Å². The minimum absolute atomic E-state index is 0.000539. The Labute approximate surface area is 228 Å². The monoisotopic (exact) mass is 597 g/mol. The molecule has 1 aromatic carbocycles. The van der Waals surface area contributed by atoms with Gasteiger partial charge in [0, 0.05) is 31.2 Å². The predicted octanol–water partition coefficient (Wildman–Crippen LogP) is 5.91. The second-order valence-electron chi connectivity index (χ2n) is 9.37. The number of aryl methyl sites for hydroxylation is 1. The van der Waals surface area contributed by atoms with E-state index in [1.54, 1.807) is 6.92 Å². The van der Waals surface area contributed by atoms with Crippen LogP contribution in [0.15, 0.2) is 48.2 Å². The van der Waals surface area contributed by atoms with Gasteiger partial charge in [-0.2, -0.15) is 39.5 Å². The minimum atomic E-state index is -5.10. The van der Waals surface area contributed by atoms with E-state index in [9.17, 15) is 49.1 Å². The maximum atomic E-state index is 14.7. The van der Waals surface area contributed by atoms with E-state index in [0.717, 1.165) is 24.3 Å². The summed E-state index contributed by atoms with van der Waals surface area (Å²) in [7, 11) is 0. The molecule has 0 saturated heterocycles. The van der Waals surface area contributed by atoms with Gasteiger partial charge in [0.25, 0.3) is 0 Å². The van der Waals surface area contributed by atoms with Crippen LogP contribution in [0.2, 0.25) is 0 Å². The van der Waals surface area contributed by atoms with Crippen LogP contribution in [-0.4, -0.2) is 48.5 Å². The number of pyridine rings is 1. The molecule has 1 atom stereocenters. The zero-order chi connectivity index (χ0) is 30.6. The lowest BCUT2D eigenvalue weighted by Gasteiger charge is -2.41. The van der Waals surface area contributed by atoms with Gasteiger partial charge in [-0.3, -0.25) is 14.6 Å². The fraction of sp³-hybridized carbons (Fsp3) is 0.423. The molecule has 2 heterocycles. The van der Waals surface area contributed by atoms with Gasteiger partial charge in [0.15, 0.2) is 5.54 Å². The molecule has 1 aliphatic rings. The number of hydrogen-bond acceptors (Lipinski definition) is 4. The van der Waals surface area contributed by atoms with Gasteiger partial charge in [0.2, 0.25) is 11.8 Å². The zero-order valence-corrected chi connectivity index (χ0v) is 21.4. The Morgan fingerprint density at radius 1 is 1.00 bits per heavy atom. The van der Waals surface area contributed by atoms with E-state index in [1.807, 2.05) is 10.6 Å². The second kappa shape index (κ2) is 12.0. The predicted molar refractivity (Wildman–Crippen MR) is 127 cm³/mol. The summed E-state index contributed by atoms with van der Waals surface area (Å²) in [5.41, 5.74) is -3.51. The molecule has 0 aliphatic carbocycles. The lowest BCUT2D eigenvalue weighted by molar-refractivity contribution is -0.201. The molecule has 224 valence electrons. The summed E-state index contributed by atoms with van der Waals surface area (Å²) in [6.07, 6.45) is -17.2. The molecule has 41 heavy (non-hydrogen) atoms. The molecule has 15 heteroatoms. The van der Waals surface area contributed by atoms with Crippen LogP contribution in [0.4, 0.5) is 39.5 Å². The first-order valence-corrected chi connectivity index (χ1v) is 12.1. The first-order chi connectivity index (χ1) is 18.9. The van der Waals surface area contributed by atoms with Crippen LogP contribution >= 0.6 is 0 Å². The standard InChI is InChI=1S/C26H24F9N3O3/c1-15-3-8-20(36-13-15)18-11-23(26(33,34)35,38-22(40)19(18)14-37-21(39)12-25(30,31)32)16-4-6-17(7-5-16)41-10-2-9-24(27,28)29/h3-8,13H,2,9-12,14H2,1H3,(H,37,39)(H,38,40)/t23-/m0/s1. The maximum Gasteiger partial charge on any atom is 0.416 e. The third-order valence-electron chi connectivity index (χ3n) is 6.16. The summed E-state index contributed by atoms with van der Waals surface area (Å²) in [6, 6.07) is 7.10. The number of nitrogens with zero attached hydrogens (tertiary/aromatic N) is 1. The number of nitrogens with one attached hydrogen (secondary N) is 2. The summed E-state index contributed by atoms with van der Waals surface area (Å²) in [5, 5.41) is 3.84. The molecule has 1 aromatic heterocycles. The zero-order valence-electron chi connectivity index (χ0n) is 21.4. The van der Waals surface area contributed by atoms with Crippen molar-refractivity contribution in [2.24, 2.45) is 0 Å². The summed E-state index contributed by atoms with van der Waals surface area (Å²) in [5.74, 6) is -2.77. The molecule has 2 amide bonds.